The lowest BCUT2D eigenvalue weighted by Gasteiger charge is -2.10. The number of amides is 2. The van der Waals surface area contributed by atoms with E-state index in [-0.39, 0.29) is 11.8 Å². The van der Waals surface area contributed by atoms with Gasteiger partial charge in [-0.1, -0.05) is 42.5 Å². The highest BCUT2D eigenvalue weighted by Crippen LogP contribution is 2.15. The first-order valence-electron chi connectivity index (χ1n) is 8.65. The Morgan fingerprint density at radius 1 is 0.963 bits per heavy atom. The highest BCUT2D eigenvalue weighted by atomic mass is 32.1. The van der Waals surface area contributed by atoms with Gasteiger partial charge in [0.25, 0.3) is 5.91 Å². The molecule has 136 valence electrons. The van der Waals surface area contributed by atoms with Crippen LogP contribution in [0.25, 0.3) is 6.08 Å². The molecule has 0 aliphatic carbocycles. The van der Waals surface area contributed by atoms with Crippen LogP contribution in [0.15, 0.2) is 77.5 Å². The summed E-state index contributed by atoms with van der Waals surface area (Å²) >= 11 is 1.57. The number of anilines is 1. The van der Waals surface area contributed by atoms with Crippen LogP contribution >= 0.6 is 11.3 Å². The molecule has 5 heteroatoms. The molecule has 3 aromatic rings. The van der Waals surface area contributed by atoms with Crippen LogP contribution in [0.2, 0.25) is 0 Å². The lowest BCUT2D eigenvalue weighted by molar-refractivity contribution is -0.111. The summed E-state index contributed by atoms with van der Waals surface area (Å²) in [5.74, 6) is -0.477. The van der Waals surface area contributed by atoms with Crippen LogP contribution in [0, 0.1) is 0 Å². The monoisotopic (exact) mass is 376 g/mol. The summed E-state index contributed by atoms with van der Waals surface area (Å²) < 4.78 is 0. The summed E-state index contributed by atoms with van der Waals surface area (Å²) in [6, 6.07) is 18.9. The average Bonchev–Trinajstić information content (AvgIpc) is 3.21. The summed E-state index contributed by atoms with van der Waals surface area (Å²) in [5.41, 5.74) is 3.08. The Balaban J connectivity index is 1.59. The third-order valence-electron chi connectivity index (χ3n) is 3.94. The maximum Gasteiger partial charge on any atom is 0.253 e. The minimum Gasteiger partial charge on any atom is -0.352 e. The summed E-state index contributed by atoms with van der Waals surface area (Å²) in [6.07, 6.45) is 3.96. The van der Waals surface area contributed by atoms with Crippen LogP contribution < -0.4 is 10.6 Å². The second-order valence-corrected chi connectivity index (χ2v) is 6.70. The van der Waals surface area contributed by atoms with Crippen molar-refractivity contribution in [2.45, 2.75) is 6.42 Å². The Morgan fingerprint density at radius 3 is 2.52 bits per heavy atom. The summed E-state index contributed by atoms with van der Waals surface area (Å²) in [7, 11) is 0. The van der Waals surface area contributed by atoms with Crippen molar-refractivity contribution in [1.82, 2.24) is 5.32 Å². The Labute approximate surface area is 162 Å². The molecule has 3 rings (SSSR count). The molecule has 0 unspecified atom stereocenters. The summed E-state index contributed by atoms with van der Waals surface area (Å²) in [6.45, 7) is 0.531. The molecule has 0 saturated carbocycles. The van der Waals surface area contributed by atoms with Gasteiger partial charge in [-0.05, 0) is 52.6 Å². The SMILES string of the molecule is O=C(/C=C/c1ccsc1)Nc1ccccc1C(=O)NCCc1ccccc1. The number of nitrogens with one attached hydrogen (secondary N) is 2. The van der Waals surface area contributed by atoms with E-state index in [1.165, 1.54) is 6.08 Å². The Hall–Kier alpha value is -3.18. The molecule has 2 N–H and O–H groups in total. The second-order valence-electron chi connectivity index (χ2n) is 5.92. The topological polar surface area (TPSA) is 58.2 Å². The molecule has 0 radical (unpaired) electrons. The molecule has 2 aromatic carbocycles. The predicted molar refractivity (Wildman–Crippen MR) is 111 cm³/mol. The van der Waals surface area contributed by atoms with Gasteiger partial charge in [-0.3, -0.25) is 9.59 Å². The minimum atomic E-state index is -0.272. The van der Waals surface area contributed by atoms with E-state index in [9.17, 15) is 9.59 Å². The fourth-order valence-electron chi connectivity index (χ4n) is 2.57. The summed E-state index contributed by atoms with van der Waals surface area (Å²) in [5, 5.41) is 9.59. The van der Waals surface area contributed by atoms with Crippen molar-refractivity contribution in [3.8, 4) is 0 Å². The first-order valence-corrected chi connectivity index (χ1v) is 9.59. The number of hydrogen-bond donors (Lipinski definition) is 2. The molecular weight excluding hydrogens is 356 g/mol. The zero-order chi connectivity index (χ0) is 18.9. The van der Waals surface area contributed by atoms with Gasteiger partial charge in [0.15, 0.2) is 0 Å². The largest absolute Gasteiger partial charge is 0.352 e. The fraction of sp³-hybridized carbons (Fsp3) is 0.0909. The minimum absolute atomic E-state index is 0.205. The highest BCUT2D eigenvalue weighted by Gasteiger charge is 2.11. The molecule has 0 aliphatic rings. The van der Waals surface area contributed by atoms with E-state index in [4.69, 9.17) is 0 Å². The van der Waals surface area contributed by atoms with Crippen LogP contribution in [-0.4, -0.2) is 18.4 Å². The summed E-state index contributed by atoms with van der Waals surface area (Å²) in [4.78, 5) is 24.7. The van der Waals surface area contributed by atoms with Gasteiger partial charge >= 0.3 is 0 Å². The third-order valence-corrected chi connectivity index (χ3v) is 4.64. The fourth-order valence-corrected chi connectivity index (χ4v) is 3.20. The van der Waals surface area contributed by atoms with Gasteiger partial charge in [-0.25, -0.2) is 0 Å². The number of para-hydroxylation sites is 1. The Bertz CT molecular complexity index is 919. The molecule has 0 saturated heterocycles. The van der Waals surface area contributed by atoms with Gasteiger partial charge < -0.3 is 10.6 Å². The molecule has 0 bridgehead atoms. The number of carbonyl (C=O) groups excluding carboxylic acids is 2. The van der Waals surface area contributed by atoms with E-state index in [1.807, 2.05) is 47.2 Å². The molecule has 0 aliphatic heterocycles. The van der Waals surface area contributed by atoms with Gasteiger partial charge in [0.05, 0.1) is 11.3 Å². The number of rotatable bonds is 7. The number of hydrogen-bond acceptors (Lipinski definition) is 3. The molecule has 0 atom stereocenters. The molecule has 1 aromatic heterocycles. The molecule has 27 heavy (non-hydrogen) atoms. The molecule has 4 nitrogen and oxygen atoms in total. The van der Waals surface area contributed by atoms with Crippen molar-refractivity contribution < 1.29 is 9.59 Å². The van der Waals surface area contributed by atoms with Crippen LogP contribution in [0.5, 0.6) is 0 Å². The zero-order valence-corrected chi connectivity index (χ0v) is 15.5. The van der Waals surface area contributed by atoms with E-state index in [0.29, 0.717) is 17.8 Å². The number of carbonyl (C=O) groups is 2. The van der Waals surface area contributed by atoms with E-state index in [1.54, 1.807) is 41.7 Å². The molecule has 1 heterocycles. The van der Waals surface area contributed by atoms with Crippen LogP contribution in [0.4, 0.5) is 5.69 Å². The van der Waals surface area contributed by atoms with E-state index in [2.05, 4.69) is 10.6 Å². The van der Waals surface area contributed by atoms with Gasteiger partial charge in [-0.2, -0.15) is 11.3 Å². The van der Waals surface area contributed by atoms with E-state index < -0.39 is 0 Å². The van der Waals surface area contributed by atoms with Gasteiger partial charge in [-0.15, -0.1) is 0 Å². The van der Waals surface area contributed by atoms with Crippen molar-refractivity contribution in [2.24, 2.45) is 0 Å². The second kappa shape index (κ2) is 9.50. The van der Waals surface area contributed by atoms with Crippen molar-refractivity contribution in [3.05, 3.63) is 94.2 Å². The predicted octanol–water partition coefficient (Wildman–Crippen LogP) is 4.37. The van der Waals surface area contributed by atoms with Crippen molar-refractivity contribution in [1.29, 1.82) is 0 Å². The first-order chi connectivity index (χ1) is 13.2. The van der Waals surface area contributed by atoms with Crippen LogP contribution in [0.3, 0.4) is 0 Å². The van der Waals surface area contributed by atoms with Gasteiger partial charge in [0.2, 0.25) is 5.91 Å². The normalized spacial score (nSPS) is 10.7. The van der Waals surface area contributed by atoms with Crippen molar-refractivity contribution in [2.75, 3.05) is 11.9 Å². The van der Waals surface area contributed by atoms with Crippen molar-refractivity contribution in [3.63, 3.8) is 0 Å². The smallest absolute Gasteiger partial charge is 0.253 e. The third kappa shape index (κ3) is 5.66. The Morgan fingerprint density at radius 2 is 1.74 bits per heavy atom. The highest BCUT2D eigenvalue weighted by molar-refractivity contribution is 7.08. The number of benzene rings is 2. The quantitative estimate of drug-likeness (QED) is 0.602. The molecule has 0 spiro atoms. The molecule has 0 fully saturated rings. The first kappa shape index (κ1) is 18.6. The maximum absolute atomic E-state index is 12.5. The van der Waals surface area contributed by atoms with Gasteiger partial charge in [0.1, 0.15) is 0 Å². The Kier molecular flexibility index (Phi) is 6.55. The lowest BCUT2D eigenvalue weighted by atomic mass is 10.1. The molecular formula is C22H20N2O2S. The van der Waals surface area contributed by atoms with Gasteiger partial charge in [0, 0.05) is 12.6 Å². The lowest BCUT2D eigenvalue weighted by Crippen LogP contribution is -2.27. The average molecular weight is 376 g/mol. The van der Waals surface area contributed by atoms with Crippen LogP contribution in [-0.2, 0) is 11.2 Å². The molecule has 2 amide bonds. The maximum atomic E-state index is 12.5. The zero-order valence-electron chi connectivity index (χ0n) is 14.7. The van der Waals surface area contributed by atoms with E-state index in [0.717, 1.165) is 17.5 Å². The standard InChI is InChI=1S/C22H20N2O2S/c25-21(11-10-18-13-15-27-16-18)24-20-9-5-4-8-19(20)22(26)23-14-12-17-6-2-1-3-7-17/h1-11,13,15-16H,12,14H2,(H,23,26)(H,24,25)/b11-10+. The van der Waals surface area contributed by atoms with Crippen molar-refractivity contribution >= 4 is 34.9 Å². The van der Waals surface area contributed by atoms with Crippen LogP contribution in [0.1, 0.15) is 21.5 Å². The number of thiophene rings is 1. The van der Waals surface area contributed by atoms with E-state index >= 15 is 0 Å².